The van der Waals surface area contributed by atoms with E-state index < -0.39 is 0 Å². The average Bonchev–Trinajstić information content (AvgIpc) is 3.30. The standard InChI is InChI=1S/C22H20N4OS/c1-15-8-10-17(11-9-15)12-19-13-23-22(28-19)25-21(27)20-14-24-26(16(20)2)18-6-4-3-5-7-18/h3-11,13-14H,12H2,1-2H3,(H,23,25,27). The van der Waals surface area contributed by atoms with Gasteiger partial charge in [0.05, 0.1) is 23.1 Å². The number of hydrogen-bond donors (Lipinski definition) is 1. The summed E-state index contributed by atoms with van der Waals surface area (Å²) in [6.45, 7) is 3.96. The Hall–Kier alpha value is -3.25. The molecule has 0 fully saturated rings. The Labute approximate surface area is 167 Å². The lowest BCUT2D eigenvalue weighted by atomic mass is 10.1. The van der Waals surface area contributed by atoms with Crippen LogP contribution < -0.4 is 5.32 Å². The first-order chi connectivity index (χ1) is 13.6. The van der Waals surface area contributed by atoms with Crippen LogP contribution in [-0.2, 0) is 6.42 Å². The molecule has 0 bridgehead atoms. The number of nitrogens with zero attached hydrogens (tertiary/aromatic N) is 3. The van der Waals surface area contributed by atoms with Gasteiger partial charge in [0, 0.05) is 17.5 Å². The first-order valence-corrected chi connectivity index (χ1v) is 9.83. The number of aryl methyl sites for hydroxylation is 1. The number of anilines is 1. The highest BCUT2D eigenvalue weighted by molar-refractivity contribution is 7.15. The predicted molar refractivity (Wildman–Crippen MR) is 112 cm³/mol. The molecule has 0 unspecified atom stereocenters. The van der Waals surface area contributed by atoms with Gasteiger partial charge in [-0.25, -0.2) is 9.67 Å². The third-order valence-corrected chi connectivity index (χ3v) is 5.44. The van der Waals surface area contributed by atoms with Gasteiger partial charge in [0.2, 0.25) is 0 Å². The molecule has 0 aliphatic carbocycles. The molecule has 2 heterocycles. The Morgan fingerprint density at radius 2 is 1.79 bits per heavy atom. The molecule has 0 aliphatic heterocycles. The number of thiazole rings is 1. The van der Waals surface area contributed by atoms with Crippen LogP contribution in [0.15, 0.2) is 67.0 Å². The van der Waals surface area contributed by atoms with Gasteiger partial charge < -0.3 is 0 Å². The Morgan fingerprint density at radius 1 is 1.04 bits per heavy atom. The van der Waals surface area contributed by atoms with Crippen LogP contribution in [0.1, 0.15) is 32.1 Å². The molecule has 0 saturated heterocycles. The molecule has 0 aliphatic rings. The normalized spacial score (nSPS) is 10.8. The molecule has 0 spiro atoms. The quantitative estimate of drug-likeness (QED) is 0.535. The fraction of sp³-hybridized carbons (Fsp3) is 0.136. The van der Waals surface area contributed by atoms with E-state index in [0.717, 1.165) is 22.7 Å². The Kier molecular flexibility index (Phi) is 5.04. The fourth-order valence-corrected chi connectivity index (χ4v) is 3.82. The first kappa shape index (κ1) is 18.1. The number of para-hydroxylation sites is 1. The maximum atomic E-state index is 12.7. The highest BCUT2D eigenvalue weighted by Crippen LogP contribution is 2.23. The number of carbonyl (C=O) groups is 1. The molecule has 28 heavy (non-hydrogen) atoms. The van der Waals surface area contributed by atoms with Crippen LogP contribution >= 0.6 is 11.3 Å². The molecule has 140 valence electrons. The van der Waals surface area contributed by atoms with E-state index in [1.54, 1.807) is 10.9 Å². The topological polar surface area (TPSA) is 59.8 Å². The third-order valence-electron chi connectivity index (χ3n) is 4.53. The summed E-state index contributed by atoms with van der Waals surface area (Å²) in [6, 6.07) is 18.2. The van der Waals surface area contributed by atoms with E-state index in [9.17, 15) is 4.79 Å². The number of amides is 1. The zero-order valence-electron chi connectivity index (χ0n) is 15.7. The largest absolute Gasteiger partial charge is 0.298 e. The van der Waals surface area contributed by atoms with Crippen LogP contribution in [0, 0.1) is 13.8 Å². The van der Waals surface area contributed by atoms with Crippen molar-refractivity contribution in [2.24, 2.45) is 0 Å². The number of benzene rings is 2. The zero-order chi connectivity index (χ0) is 19.5. The number of carbonyl (C=O) groups excluding carboxylic acids is 1. The summed E-state index contributed by atoms with van der Waals surface area (Å²) >= 11 is 1.49. The van der Waals surface area contributed by atoms with E-state index in [4.69, 9.17) is 0 Å². The number of nitrogens with one attached hydrogen (secondary N) is 1. The molecule has 2 aromatic carbocycles. The van der Waals surface area contributed by atoms with E-state index in [-0.39, 0.29) is 5.91 Å². The van der Waals surface area contributed by atoms with Crippen LogP contribution in [0.2, 0.25) is 0 Å². The summed E-state index contributed by atoms with van der Waals surface area (Å²) in [4.78, 5) is 18.1. The van der Waals surface area contributed by atoms with Gasteiger partial charge in [0.1, 0.15) is 0 Å². The fourth-order valence-electron chi connectivity index (χ4n) is 2.98. The van der Waals surface area contributed by atoms with Gasteiger partial charge in [0.15, 0.2) is 5.13 Å². The SMILES string of the molecule is Cc1ccc(Cc2cnc(NC(=O)c3cnn(-c4ccccc4)c3C)s2)cc1. The highest BCUT2D eigenvalue weighted by Gasteiger charge is 2.16. The summed E-state index contributed by atoms with van der Waals surface area (Å²) in [5.74, 6) is -0.198. The van der Waals surface area contributed by atoms with Gasteiger partial charge in [-0.05, 0) is 31.5 Å². The van der Waals surface area contributed by atoms with Crippen molar-refractivity contribution in [3.05, 3.63) is 94.3 Å². The van der Waals surface area contributed by atoms with Crippen LogP contribution in [0.5, 0.6) is 0 Å². The minimum absolute atomic E-state index is 0.198. The van der Waals surface area contributed by atoms with Crippen molar-refractivity contribution >= 4 is 22.4 Å². The lowest BCUT2D eigenvalue weighted by Gasteiger charge is -2.05. The number of aromatic nitrogens is 3. The van der Waals surface area contributed by atoms with Gasteiger partial charge in [-0.2, -0.15) is 5.10 Å². The van der Waals surface area contributed by atoms with Gasteiger partial charge in [-0.15, -0.1) is 11.3 Å². The molecule has 4 rings (SSSR count). The van der Waals surface area contributed by atoms with Crippen LogP contribution in [0.4, 0.5) is 5.13 Å². The second-order valence-electron chi connectivity index (χ2n) is 6.64. The van der Waals surface area contributed by atoms with Crippen molar-refractivity contribution in [1.29, 1.82) is 0 Å². The number of rotatable bonds is 5. The van der Waals surface area contributed by atoms with Gasteiger partial charge in [-0.3, -0.25) is 10.1 Å². The number of hydrogen-bond acceptors (Lipinski definition) is 4. The molecular weight excluding hydrogens is 368 g/mol. The summed E-state index contributed by atoms with van der Waals surface area (Å²) in [7, 11) is 0. The van der Waals surface area contributed by atoms with Crippen molar-refractivity contribution in [2.45, 2.75) is 20.3 Å². The molecule has 2 aromatic heterocycles. The van der Waals surface area contributed by atoms with E-state index in [1.165, 1.54) is 22.5 Å². The molecule has 6 heteroatoms. The molecule has 0 saturated carbocycles. The second kappa shape index (κ2) is 7.78. The minimum Gasteiger partial charge on any atom is -0.298 e. The molecule has 1 N–H and O–H groups in total. The van der Waals surface area contributed by atoms with Gasteiger partial charge in [0.25, 0.3) is 5.91 Å². The van der Waals surface area contributed by atoms with Gasteiger partial charge in [-0.1, -0.05) is 48.0 Å². The lowest BCUT2D eigenvalue weighted by molar-refractivity contribution is 0.102. The van der Waals surface area contributed by atoms with Crippen molar-refractivity contribution in [2.75, 3.05) is 5.32 Å². The maximum absolute atomic E-state index is 12.7. The Bertz CT molecular complexity index is 1100. The molecule has 1 amide bonds. The van der Waals surface area contributed by atoms with Gasteiger partial charge >= 0.3 is 0 Å². The molecular formula is C22H20N4OS. The highest BCUT2D eigenvalue weighted by atomic mass is 32.1. The molecule has 0 radical (unpaired) electrons. The smallest absolute Gasteiger partial charge is 0.260 e. The van der Waals surface area contributed by atoms with Crippen molar-refractivity contribution in [3.8, 4) is 5.69 Å². The summed E-state index contributed by atoms with van der Waals surface area (Å²) in [6.07, 6.45) is 4.22. The first-order valence-electron chi connectivity index (χ1n) is 9.02. The third kappa shape index (κ3) is 3.87. The summed E-state index contributed by atoms with van der Waals surface area (Å²) in [5, 5.41) is 7.85. The summed E-state index contributed by atoms with van der Waals surface area (Å²) in [5.41, 5.74) is 4.73. The van der Waals surface area contributed by atoms with E-state index >= 15 is 0 Å². The predicted octanol–water partition coefficient (Wildman–Crippen LogP) is 4.79. The minimum atomic E-state index is -0.198. The zero-order valence-corrected chi connectivity index (χ0v) is 16.5. The van der Waals surface area contributed by atoms with Crippen molar-refractivity contribution in [3.63, 3.8) is 0 Å². The molecule has 0 atom stereocenters. The maximum Gasteiger partial charge on any atom is 0.260 e. The molecule has 5 nitrogen and oxygen atoms in total. The van der Waals surface area contributed by atoms with Crippen LogP contribution in [-0.4, -0.2) is 20.7 Å². The second-order valence-corrected chi connectivity index (χ2v) is 7.75. The van der Waals surface area contributed by atoms with Crippen molar-refractivity contribution < 1.29 is 4.79 Å². The van der Waals surface area contributed by atoms with Crippen LogP contribution in [0.3, 0.4) is 0 Å². The Balaban J connectivity index is 1.47. The monoisotopic (exact) mass is 388 g/mol. The lowest BCUT2D eigenvalue weighted by Crippen LogP contribution is -2.12. The average molecular weight is 388 g/mol. The van der Waals surface area contributed by atoms with Crippen molar-refractivity contribution in [1.82, 2.24) is 14.8 Å². The van der Waals surface area contributed by atoms with E-state index in [2.05, 4.69) is 46.6 Å². The summed E-state index contributed by atoms with van der Waals surface area (Å²) < 4.78 is 1.76. The van der Waals surface area contributed by atoms with E-state index in [0.29, 0.717) is 10.7 Å². The van der Waals surface area contributed by atoms with Crippen LogP contribution in [0.25, 0.3) is 5.69 Å². The Morgan fingerprint density at radius 3 is 2.54 bits per heavy atom. The van der Waals surface area contributed by atoms with E-state index in [1.807, 2.05) is 43.5 Å². The molecule has 4 aromatic rings.